The van der Waals surface area contributed by atoms with Gasteiger partial charge in [-0.25, -0.2) is 22.0 Å². The Hall–Kier alpha value is -2.23. The van der Waals surface area contributed by atoms with Gasteiger partial charge in [0.25, 0.3) is 5.91 Å². The third kappa shape index (κ3) is 4.37. The molecule has 1 amide bonds. The number of benzene rings is 2. The van der Waals surface area contributed by atoms with Crippen LogP contribution in [0.1, 0.15) is 23.2 Å². The molecule has 1 heterocycles. The monoisotopic (exact) mass is 408 g/mol. The predicted molar refractivity (Wildman–Crippen MR) is 100 cm³/mol. The molecule has 0 saturated carbocycles. The van der Waals surface area contributed by atoms with E-state index in [2.05, 4.69) is 0 Å². The van der Waals surface area contributed by atoms with Crippen molar-refractivity contribution in [1.29, 1.82) is 0 Å². The molecular formula is C18H20N2O5S2. The lowest BCUT2D eigenvalue weighted by atomic mass is 10.2. The van der Waals surface area contributed by atoms with Gasteiger partial charge in [-0.15, -0.1) is 0 Å². The standard InChI is InChI=1S/C18H20N2O5S2/c19-27(24,25)17-10-8-14(9-11-17)18(21)20-12-4-5-15(20)13-26(22,23)16-6-2-1-3-7-16/h1-3,6-11,15H,4-5,12-13H2,(H2,19,24,25). The molecule has 1 atom stereocenters. The van der Waals surface area contributed by atoms with Crippen molar-refractivity contribution in [2.75, 3.05) is 12.3 Å². The van der Waals surface area contributed by atoms with Crippen molar-refractivity contribution in [2.24, 2.45) is 5.14 Å². The molecule has 2 aromatic carbocycles. The maximum absolute atomic E-state index is 12.8. The second-order valence-electron chi connectivity index (χ2n) is 6.46. The Morgan fingerprint density at radius 2 is 1.59 bits per heavy atom. The number of amides is 1. The van der Waals surface area contributed by atoms with Crippen molar-refractivity contribution in [3.63, 3.8) is 0 Å². The van der Waals surface area contributed by atoms with E-state index >= 15 is 0 Å². The highest BCUT2D eigenvalue weighted by Gasteiger charge is 2.33. The lowest BCUT2D eigenvalue weighted by Gasteiger charge is -2.25. The highest BCUT2D eigenvalue weighted by molar-refractivity contribution is 7.91. The summed E-state index contributed by atoms with van der Waals surface area (Å²) in [7, 11) is -7.34. The molecule has 1 saturated heterocycles. The average Bonchev–Trinajstić information content (AvgIpc) is 3.08. The number of carbonyl (C=O) groups is 1. The summed E-state index contributed by atoms with van der Waals surface area (Å²) in [6, 6.07) is 13.1. The quantitative estimate of drug-likeness (QED) is 0.803. The van der Waals surface area contributed by atoms with E-state index in [1.807, 2.05) is 0 Å². The van der Waals surface area contributed by atoms with Crippen molar-refractivity contribution < 1.29 is 21.6 Å². The van der Waals surface area contributed by atoms with Gasteiger partial charge in [0, 0.05) is 18.2 Å². The van der Waals surface area contributed by atoms with E-state index in [9.17, 15) is 21.6 Å². The van der Waals surface area contributed by atoms with Crippen molar-refractivity contribution in [3.8, 4) is 0 Å². The number of nitrogens with two attached hydrogens (primary N) is 1. The van der Waals surface area contributed by atoms with Crippen molar-refractivity contribution in [3.05, 3.63) is 60.2 Å². The van der Waals surface area contributed by atoms with Gasteiger partial charge in [-0.05, 0) is 49.2 Å². The first-order chi connectivity index (χ1) is 12.7. The Balaban J connectivity index is 1.79. The molecule has 144 valence electrons. The lowest BCUT2D eigenvalue weighted by molar-refractivity contribution is 0.0749. The molecule has 1 fully saturated rings. The zero-order valence-electron chi connectivity index (χ0n) is 14.5. The molecule has 1 unspecified atom stereocenters. The average molecular weight is 409 g/mol. The first-order valence-electron chi connectivity index (χ1n) is 8.40. The van der Waals surface area contributed by atoms with Crippen LogP contribution in [0.4, 0.5) is 0 Å². The molecule has 0 aliphatic carbocycles. The summed E-state index contributed by atoms with van der Waals surface area (Å²) >= 11 is 0. The van der Waals surface area contributed by atoms with Gasteiger partial charge in [-0.1, -0.05) is 18.2 Å². The molecule has 2 N–H and O–H groups in total. The third-order valence-corrected chi connectivity index (χ3v) is 7.33. The largest absolute Gasteiger partial charge is 0.335 e. The molecule has 0 spiro atoms. The van der Waals surface area contributed by atoms with Crippen LogP contribution >= 0.6 is 0 Å². The molecular weight excluding hydrogens is 388 g/mol. The summed E-state index contributed by atoms with van der Waals surface area (Å²) in [6.07, 6.45) is 1.32. The number of sulfone groups is 1. The summed E-state index contributed by atoms with van der Waals surface area (Å²) in [5.74, 6) is -0.459. The summed E-state index contributed by atoms with van der Waals surface area (Å²) < 4.78 is 47.9. The smallest absolute Gasteiger partial charge is 0.254 e. The number of nitrogens with zero attached hydrogens (tertiary/aromatic N) is 1. The van der Waals surface area contributed by atoms with E-state index in [4.69, 9.17) is 5.14 Å². The van der Waals surface area contributed by atoms with Crippen LogP contribution in [0, 0.1) is 0 Å². The van der Waals surface area contributed by atoms with Crippen molar-refractivity contribution in [2.45, 2.75) is 28.7 Å². The van der Waals surface area contributed by atoms with E-state index in [0.29, 0.717) is 18.5 Å². The highest BCUT2D eigenvalue weighted by atomic mass is 32.2. The predicted octanol–water partition coefficient (Wildman–Crippen LogP) is 1.41. The van der Waals surface area contributed by atoms with Crippen LogP contribution in [0.15, 0.2) is 64.4 Å². The minimum absolute atomic E-state index is 0.0799. The van der Waals surface area contributed by atoms with E-state index < -0.39 is 25.9 Å². The second-order valence-corrected chi connectivity index (χ2v) is 10.1. The molecule has 2 aromatic rings. The van der Waals surface area contributed by atoms with Gasteiger partial charge in [0.15, 0.2) is 9.84 Å². The Morgan fingerprint density at radius 3 is 2.19 bits per heavy atom. The maximum atomic E-state index is 12.8. The van der Waals surface area contributed by atoms with Gasteiger partial charge >= 0.3 is 0 Å². The molecule has 1 aliphatic rings. The molecule has 0 aromatic heterocycles. The van der Waals surface area contributed by atoms with Crippen molar-refractivity contribution in [1.82, 2.24) is 4.90 Å². The Morgan fingerprint density at radius 1 is 0.963 bits per heavy atom. The number of hydrogen-bond donors (Lipinski definition) is 1. The van der Waals surface area contributed by atoms with Gasteiger partial charge in [0.2, 0.25) is 10.0 Å². The first kappa shape index (κ1) is 19.5. The molecule has 0 bridgehead atoms. The second kappa shape index (κ2) is 7.41. The lowest BCUT2D eigenvalue weighted by Crippen LogP contribution is -2.39. The fraction of sp³-hybridized carbons (Fsp3) is 0.278. The number of hydrogen-bond acceptors (Lipinski definition) is 5. The summed E-state index contributed by atoms with van der Waals surface area (Å²) in [6.45, 7) is 0.463. The molecule has 0 radical (unpaired) electrons. The van der Waals surface area contributed by atoms with Crippen LogP contribution in [-0.4, -0.2) is 46.0 Å². The number of carbonyl (C=O) groups excluding carboxylic acids is 1. The van der Waals surface area contributed by atoms with Crippen LogP contribution in [0.25, 0.3) is 0 Å². The van der Waals surface area contributed by atoms with Crippen LogP contribution in [0.5, 0.6) is 0 Å². The van der Waals surface area contributed by atoms with Gasteiger partial charge in [0.05, 0.1) is 15.5 Å². The van der Waals surface area contributed by atoms with Gasteiger partial charge in [-0.2, -0.15) is 0 Å². The third-order valence-electron chi connectivity index (χ3n) is 4.58. The maximum Gasteiger partial charge on any atom is 0.254 e. The topological polar surface area (TPSA) is 115 Å². The Labute approximate surface area is 158 Å². The van der Waals surface area contributed by atoms with Crippen molar-refractivity contribution >= 4 is 25.8 Å². The summed E-state index contributed by atoms with van der Waals surface area (Å²) in [5, 5.41) is 5.06. The molecule has 27 heavy (non-hydrogen) atoms. The van der Waals surface area contributed by atoms with Crippen LogP contribution < -0.4 is 5.14 Å². The summed E-state index contributed by atoms with van der Waals surface area (Å²) in [4.78, 5) is 14.5. The fourth-order valence-corrected chi connectivity index (χ4v) is 5.34. The van der Waals surface area contributed by atoms with Crippen LogP contribution in [0.3, 0.4) is 0 Å². The Bertz CT molecular complexity index is 1030. The van der Waals surface area contributed by atoms with E-state index in [-0.39, 0.29) is 21.5 Å². The first-order valence-corrected chi connectivity index (χ1v) is 11.6. The molecule has 9 heteroatoms. The molecule has 3 rings (SSSR count). The van der Waals surface area contributed by atoms with Crippen LogP contribution in [0.2, 0.25) is 0 Å². The molecule has 7 nitrogen and oxygen atoms in total. The normalized spacial score (nSPS) is 17.8. The van der Waals surface area contributed by atoms with Gasteiger partial charge in [-0.3, -0.25) is 4.79 Å². The van der Waals surface area contributed by atoms with E-state index in [1.54, 1.807) is 35.2 Å². The zero-order valence-corrected chi connectivity index (χ0v) is 16.1. The van der Waals surface area contributed by atoms with Gasteiger partial charge < -0.3 is 4.90 Å². The minimum Gasteiger partial charge on any atom is -0.335 e. The zero-order chi connectivity index (χ0) is 19.7. The van der Waals surface area contributed by atoms with E-state index in [0.717, 1.165) is 6.42 Å². The van der Waals surface area contributed by atoms with E-state index in [1.165, 1.54) is 24.3 Å². The Kier molecular flexibility index (Phi) is 5.36. The highest BCUT2D eigenvalue weighted by Crippen LogP contribution is 2.24. The minimum atomic E-state index is -3.83. The number of likely N-dealkylation sites (tertiary alicyclic amines) is 1. The fourth-order valence-electron chi connectivity index (χ4n) is 3.21. The van der Waals surface area contributed by atoms with Crippen LogP contribution in [-0.2, 0) is 19.9 Å². The molecule has 1 aliphatic heterocycles. The number of primary sulfonamides is 1. The summed E-state index contributed by atoms with van der Waals surface area (Å²) in [5.41, 5.74) is 0.298. The SMILES string of the molecule is NS(=O)(=O)c1ccc(C(=O)N2CCCC2CS(=O)(=O)c2ccccc2)cc1. The number of rotatable bonds is 5. The number of sulfonamides is 1. The van der Waals surface area contributed by atoms with Gasteiger partial charge in [0.1, 0.15) is 0 Å².